The molecule has 1 nitrogen and oxygen atoms in total. The fourth-order valence-electron chi connectivity index (χ4n) is 1.80. The maximum Gasteiger partial charge on any atom is 0.115 e. The molecule has 2 unspecified atom stereocenters. The van der Waals surface area contributed by atoms with Gasteiger partial charge in [0, 0.05) is 5.92 Å². The van der Waals surface area contributed by atoms with Crippen molar-refractivity contribution in [2.75, 3.05) is 0 Å². The lowest BCUT2D eigenvalue weighted by molar-refractivity contribution is 0.244. The average molecular weight is 265 g/mol. The SMILES string of the molecule is CC(c1cccc2ccccc12)C(O)Br. The highest BCUT2D eigenvalue weighted by atomic mass is 79.9. The van der Waals surface area contributed by atoms with Crippen LogP contribution in [0.25, 0.3) is 10.8 Å². The number of hydrogen-bond acceptors (Lipinski definition) is 1. The Morgan fingerprint density at radius 3 is 2.47 bits per heavy atom. The highest BCUT2D eigenvalue weighted by Gasteiger charge is 2.14. The van der Waals surface area contributed by atoms with Crippen LogP contribution in [0.2, 0.25) is 0 Å². The Morgan fingerprint density at radius 2 is 1.73 bits per heavy atom. The summed E-state index contributed by atoms with van der Waals surface area (Å²) in [6.07, 6.45) is 0. The summed E-state index contributed by atoms with van der Waals surface area (Å²) < 4.78 is 0. The van der Waals surface area contributed by atoms with E-state index in [1.807, 2.05) is 25.1 Å². The van der Waals surface area contributed by atoms with Gasteiger partial charge in [0.25, 0.3) is 0 Å². The second kappa shape index (κ2) is 4.33. The van der Waals surface area contributed by atoms with Crippen LogP contribution in [0.5, 0.6) is 0 Å². The molecule has 2 aromatic carbocycles. The van der Waals surface area contributed by atoms with Gasteiger partial charge >= 0.3 is 0 Å². The molecule has 0 saturated carbocycles. The molecule has 0 aliphatic heterocycles. The molecular weight excluding hydrogens is 252 g/mol. The molecule has 0 saturated heterocycles. The van der Waals surface area contributed by atoms with Crippen LogP contribution in [-0.2, 0) is 0 Å². The Morgan fingerprint density at radius 1 is 1.07 bits per heavy atom. The van der Waals surface area contributed by atoms with Crippen LogP contribution >= 0.6 is 15.9 Å². The molecule has 0 heterocycles. The largest absolute Gasteiger partial charge is 0.381 e. The average Bonchev–Trinajstić information content (AvgIpc) is 2.27. The van der Waals surface area contributed by atoms with Crippen molar-refractivity contribution in [2.45, 2.75) is 17.9 Å². The predicted molar refractivity (Wildman–Crippen MR) is 67.3 cm³/mol. The van der Waals surface area contributed by atoms with E-state index in [1.165, 1.54) is 16.3 Å². The molecule has 0 aliphatic rings. The minimum atomic E-state index is -0.497. The first-order valence-electron chi connectivity index (χ1n) is 5.00. The van der Waals surface area contributed by atoms with E-state index in [1.54, 1.807) is 0 Å². The van der Waals surface area contributed by atoms with E-state index < -0.39 is 5.01 Å². The summed E-state index contributed by atoms with van der Waals surface area (Å²) in [6.45, 7) is 2.02. The van der Waals surface area contributed by atoms with Crippen molar-refractivity contribution in [2.24, 2.45) is 0 Å². The number of aliphatic hydroxyl groups is 1. The predicted octanol–water partition coefficient (Wildman–Crippen LogP) is 3.66. The first kappa shape index (κ1) is 10.7. The number of halogens is 1. The summed E-state index contributed by atoms with van der Waals surface area (Å²) in [5.74, 6) is 0.0936. The monoisotopic (exact) mass is 264 g/mol. The summed E-state index contributed by atoms with van der Waals surface area (Å²) in [7, 11) is 0. The molecule has 2 atom stereocenters. The molecule has 0 amide bonds. The quantitative estimate of drug-likeness (QED) is 0.821. The van der Waals surface area contributed by atoms with Crippen LogP contribution in [0.15, 0.2) is 42.5 Å². The Kier molecular flexibility index (Phi) is 3.08. The van der Waals surface area contributed by atoms with Gasteiger partial charge in [-0.25, -0.2) is 0 Å². The first-order chi connectivity index (χ1) is 7.20. The second-order valence-corrected chi connectivity index (χ2v) is 4.67. The highest BCUT2D eigenvalue weighted by Crippen LogP contribution is 2.29. The molecule has 2 rings (SSSR count). The summed E-state index contributed by atoms with van der Waals surface area (Å²) >= 11 is 3.22. The summed E-state index contributed by atoms with van der Waals surface area (Å²) in [6, 6.07) is 14.4. The number of aliphatic hydroxyl groups excluding tert-OH is 1. The molecular formula is C13H13BrO. The number of rotatable bonds is 2. The van der Waals surface area contributed by atoms with E-state index in [9.17, 15) is 5.11 Å². The van der Waals surface area contributed by atoms with E-state index in [4.69, 9.17) is 0 Å². The van der Waals surface area contributed by atoms with Gasteiger partial charge in [-0.1, -0.05) is 65.3 Å². The lowest BCUT2D eigenvalue weighted by Crippen LogP contribution is -2.07. The Labute approximate surface area is 97.9 Å². The maximum atomic E-state index is 9.55. The van der Waals surface area contributed by atoms with E-state index in [0.717, 1.165) is 0 Å². The number of benzene rings is 2. The third-order valence-corrected chi connectivity index (χ3v) is 3.52. The molecule has 0 aliphatic carbocycles. The summed E-state index contributed by atoms with van der Waals surface area (Å²) in [5, 5.41) is 11.5. The highest BCUT2D eigenvalue weighted by molar-refractivity contribution is 9.09. The van der Waals surface area contributed by atoms with E-state index in [-0.39, 0.29) is 5.92 Å². The van der Waals surface area contributed by atoms with Gasteiger partial charge in [-0.05, 0) is 16.3 Å². The zero-order valence-electron chi connectivity index (χ0n) is 8.52. The minimum Gasteiger partial charge on any atom is -0.381 e. The van der Waals surface area contributed by atoms with Crippen molar-refractivity contribution < 1.29 is 5.11 Å². The van der Waals surface area contributed by atoms with Gasteiger partial charge in [0.2, 0.25) is 0 Å². The molecule has 2 heteroatoms. The van der Waals surface area contributed by atoms with Crippen molar-refractivity contribution >= 4 is 26.7 Å². The van der Waals surface area contributed by atoms with Gasteiger partial charge in [-0.2, -0.15) is 0 Å². The molecule has 0 radical (unpaired) electrons. The molecule has 0 fully saturated rings. The van der Waals surface area contributed by atoms with Crippen LogP contribution < -0.4 is 0 Å². The van der Waals surface area contributed by atoms with Crippen molar-refractivity contribution in [1.82, 2.24) is 0 Å². The molecule has 0 bridgehead atoms. The van der Waals surface area contributed by atoms with Crippen molar-refractivity contribution in [3.05, 3.63) is 48.0 Å². The molecule has 0 spiro atoms. The lowest BCUT2D eigenvalue weighted by atomic mass is 9.95. The molecule has 78 valence electrons. The van der Waals surface area contributed by atoms with Crippen LogP contribution in [0.4, 0.5) is 0 Å². The maximum absolute atomic E-state index is 9.55. The summed E-state index contributed by atoms with van der Waals surface area (Å²) in [5.41, 5.74) is 1.18. The topological polar surface area (TPSA) is 20.2 Å². The van der Waals surface area contributed by atoms with Gasteiger partial charge in [-0.15, -0.1) is 0 Å². The molecule has 2 aromatic rings. The van der Waals surface area contributed by atoms with Crippen molar-refractivity contribution in [1.29, 1.82) is 0 Å². The van der Waals surface area contributed by atoms with Crippen molar-refractivity contribution in [3.63, 3.8) is 0 Å². The van der Waals surface area contributed by atoms with Gasteiger partial charge in [0.15, 0.2) is 0 Å². The fraction of sp³-hybridized carbons (Fsp3) is 0.231. The Hall–Kier alpha value is -0.860. The van der Waals surface area contributed by atoms with Crippen LogP contribution in [0.3, 0.4) is 0 Å². The Bertz CT molecular complexity index is 460. The third-order valence-electron chi connectivity index (χ3n) is 2.73. The van der Waals surface area contributed by atoms with Gasteiger partial charge < -0.3 is 5.11 Å². The fourth-order valence-corrected chi connectivity index (χ4v) is 2.08. The van der Waals surface area contributed by atoms with Crippen LogP contribution in [-0.4, -0.2) is 10.1 Å². The molecule has 15 heavy (non-hydrogen) atoms. The molecule has 1 N–H and O–H groups in total. The minimum absolute atomic E-state index is 0.0936. The number of alkyl halides is 1. The van der Waals surface area contributed by atoms with Crippen LogP contribution in [0, 0.1) is 0 Å². The van der Waals surface area contributed by atoms with E-state index in [2.05, 4.69) is 40.2 Å². The number of hydrogen-bond donors (Lipinski definition) is 1. The van der Waals surface area contributed by atoms with E-state index in [0.29, 0.717) is 0 Å². The standard InChI is InChI=1S/C13H13BrO/c1-9(13(14)15)11-8-4-6-10-5-2-3-7-12(10)11/h2-9,13,15H,1H3. The molecule has 0 aromatic heterocycles. The van der Waals surface area contributed by atoms with Gasteiger partial charge in [-0.3, -0.25) is 0 Å². The lowest BCUT2D eigenvalue weighted by Gasteiger charge is -2.16. The van der Waals surface area contributed by atoms with Gasteiger partial charge in [0.1, 0.15) is 5.01 Å². The summed E-state index contributed by atoms with van der Waals surface area (Å²) in [4.78, 5) is 0. The number of fused-ring (bicyclic) bond motifs is 1. The Balaban J connectivity index is 2.60. The first-order valence-corrected chi connectivity index (χ1v) is 5.91. The smallest absolute Gasteiger partial charge is 0.115 e. The third kappa shape index (κ3) is 2.06. The zero-order chi connectivity index (χ0) is 10.8. The van der Waals surface area contributed by atoms with Crippen molar-refractivity contribution in [3.8, 4) is 0 Å². The van der Waals surface area contributed by atoms with Crippen LogP contribution in [0.1, 0.15) is 18.4 Å². The van der Waals surface area contributed by atoms with Gasteiger partial charge in [0.05, 0.1) is 0 Å². The van der Waals surface area contributed by atoms with E-state index >= 15 is 0 Å². The normalized spacial score (nSPS) is 15.1. The second-order valence-electron chi connectivity index (χ2n) is 3.73. The zero-order valence-corrected chi connectivity index (χ0v) is 10.1.